The van der Waals surface area contributed by atoms with Gasteiger partial charge in [-0.05, 0) is 32.8 Å². The Morgan fingerprint density at radius 2 is 2.05 bits per heavy atom. The summed E-state index contributed by atoms with van der Waals surface area (Å²) in [7, 11) is 0. The fourth-order valence-corrected chi connectivity index (χ4v) is 2.09. The molecular weight excluding hydrogens is 242 g/mol. The molecule has 0 saturated carbocycles. The molecule has 108 valence electrons. The smallest absolute Gasteiger partial charge is 0.241 e. The molecule has 1 rings (SSSR count). The van der Waals surface area contributed by atoms with E-state index in [1.807, 2.05) is 33.8 Å². The van der Waals surface area contributed by atoms with Gasteiger partial charge >= 0.3 is 0 Å². The van der Waals surface area contributed by atoms with E-state index in [0.29, 0.717) is 6.54 Å². The molecule has 19 heavy (non-hydrogen) atoms. The summed E-state index contributed by atoms with van der Waals surface area (Å²) in [5.41, 5.74) is 1.69. The summed E-state index contributed by atoms with van der Waals surface area (Å²) in [4.78, 5) is 11.9. The summed E-state index contributed by atoms with van der Waals surface area (Å²) < 4.78 is 1.70. The van der Waals surface area contributed by atoms with Crippen LogP contribution in [0.1, 0.15) is 38.1 Å². The zero-order valence-corrected chi connectivity index (χ0v) is 12.4. The summed E-state index contributed by atoms with van der Waals surface area (Å²) in [5, 5.41) is 16.6. The maximum absolute atomic E-state index is 11.9. The summed E-state index contributed by atoms with van der Waals surface area (Å²) in [6, 6.07) is 1.95. The molecule has 0 bridgehead atoms. The van der Waals surface area contributed by atoms with Gasteiger partial charge in [0, 0.05) is 17.7 Å². The predicted octanol–water partition coefficient (Wildman–Crippen LogP) is 1.41. The van der Waals surface area contributed by atoms with Crippen LogP contribution in [-0.2, 0) is 11.3 Å². The van der Waals surface area contributed by atoms with E-state index in [-0.39, 0.29) is 24.5 Å². The topological polar surface area (TPSA) is 67.2 Å². The first-order valence-electron chi connectivity index (χ1n) is 6.85. The first kappa shape index (κ1) is 15.7. The van der Waals surface area contributed by atoms with Crippen molar-refractivity contribution in [2.24, 2.45) is 5.41 Å². The van der Waals surface area contributed by atoms with E-state index >= 15 is 0 Å². The van der Waals surface area contributed by atoms with Crippen LogP contribution in [0.5, 0.6) is 0 Å². The highest BCUT2D eigenvalue weighted by molar-refractivity contribution is 5.75. The van der Waals surface area contributed by atoms with E-state index in [1.165, 1.54) is 0 Å². The highest BCUT2D eigenvalue weighted by Gasteiger charge is 2.25. The number of carbonyl (C=O) groups excluding carboxylic acids is 1. The van der Waals surface area contributed by atoms with E-state index in [9.17, 15) is 9.90 Å². The maximum Gasteiger partial charge on any atom is 0.241 e. The van der Waals surface area contributed by atoms with Crippen molar-refractivity contribution >= 4 is 5.91 Å². The lowest BCUT2D eigenvalue weighted by atomic mass is 9.83. The van der Waals surface area contributed by atoms with Crippen LogP contribution in [0.25, 0.3) is 0 Å². The zero-order chi connectivity index (χ0) is 14.5. The molecule has 2 N–H and O–H groups in total. The van der Waals surface area contributed by atoms with Crippen molar-refractivity contribution in [3.05, 3.63) is 17.5 Å². The van der Waals surface area contributed by atoms with Crippen LogP contribution in [0.2, 0.25) is 0 Å². The Kier molecular flexibility index (Phi) is 5.54. The normalized spacial score (nSPS) is 11.6. The molecule has 5 nitrogen and oxygen atoms in total. The number of hydrogen-bond donors (Lipinski definition) is 2. The number of carbonyl (C=O) groups is 1. The lowest BCUT2D eigenvalue weighted by Gasteiger charge is -2.29. The van der Waals surface area contributed by atoms with E-state index in [4.69, 9.17) is 0 Å². The van der Waals surface area contributed by atoms with E-state index in [2.05, 4.69) is 10.4 Å². The van der Waals surface area contributed by atoms with Gasteiger partial charge in [-0.15, -0.1) is 0 Å². The zero-order valence-electron chi connectivity index (χ0n) is 12.4. The monoisotopic (exact) mass is 267 g/mol. The van der Waals surface area contributed by atoms with Crippen LogP contribution in [-0.4, -0.2) is 33.9 Å². The number of nitrogens with one attached hydrogen (secondary N) is 1. The van der Waals surface area contributed by atoms with Crippen LogP contribution in [0.3, 0.4) is 0 Å². The minimum atomic E-state index is -0.204. The summed E-state index contributed by atoms with van der Waals surface area (Å²) in [6.07, 6.45) is 1.69. The Balaban J connectivity index is 2.54. The highest BCUT2D eigenvalue weighted by atomic mass is 16.3. The highest BCUT2D eigenvalue weighted by Crippen LogP contribution is 2.24. The average molecular weight is 267 g/mol. The third-order valence-corrected chi connectivity index (χ3v) is 3.89. The number of amides is 1. The van der Waals surface area contributed by atoms with Crippen molar-refractivity contribution in [3.63, 3.8) is 0 Å². The molecule has 5 heteroatoms. The molecule has 0 aromatic carbocycles. The number of aliphatic hydroxyl groups excluding tert-OH is 1. The third kappa shape index (κ3) is 4.06. The second-order valence-electron chi connectivity index (χ2n) is 5.23. The van der Waals surface area contributed by atoms with Crippen molar-refractivity contribution in [3.8, 4) is 0 Å². The van der Waals surface area contributed by atoms with Gasteiger partial charge in [0.15, 0.2) is 0 Å². The Morgan fingerprint density at radius 3 is 2.47 bits per heavy atom. The van der Waals surface area contributed by atoms with E-state index < -0.39 is 0 Å². The molecule has 1 aromatic rings. The molecule has 0 saturated heterocycles. The number of aromatic nitrogens is 2. The van der Waals surface area contributed by atoms with E-state index in [0.717, 1.165) is 24.2 Å². The maximum atomic E-state index is 11.9. The minimum Gasteiger partial charge on any atom is -0.396 e. The molecule has 0 aliphatic heterocycles. The van der Waals surface area contributed by atoms with Crippen LogP contribution in [0.15, 0.2) is 6.07 Å². The molecule has 1 heterocycles. The van der Waals surface area contributed by atoms with Crippen LogP contribution in [0, 0.1) is 19.3 Å². The Bertz CT molecular complexity index is 414. The van der Waals surface area contributed by atoms with Crippen molar-refractivity contribution in [2.45, 2.75) is 47.1 Å². The Labute approximate surface area is 115 Å². The summed E-state index contributed by atoms with van der Waals surface area (Å²) in [6.45, 7) is 8.75. The quantitative estimate of drug-likeness (QED) is 0.785. The molecule has 0 radical (unpaired) electrons. The predicted molar refractivity (Wildman–Crippen MR) is 74.8 cm³/mol. The van der Waals surface area contributed by atoms with E-state index in [1.54, 1.807) is 4.68 Å². The molecular formula is C14H25N3O2. The van der Waals surface area contributed by atoms with Gasteiger partial charge in [-0.1, -0.05) is 13.8 Å². The molecule has 0 unspecified atom stereocenters. The van der Waals surface area contributed by atoms with Crippen molar-refractivity contribution in [2.75, 3.05) is 13.2 Å². The number of hydrogen-bond acceptors (Lipinski definition) is 3. The molecule has 0 atom stereocenters. The van der Waals surface area contributed by atoms with Crippen molar-refractivity contribution < 1.29 is 9.90 Å². The second kappa shape index (κ2) is 6.70. The molecule has 1 aromatic heterocycles. The fraction of sp³-hybridized carbons (Fsp3) is 0.714. The summed E-state index contributed by atoms with van der Waals surface area (Å²) >= 11 is 0. The molecule has 0 spiro atoms. The molecule has 0 aliphatic rings. The first-order chi connectivity index (χ1) is 8.96. The van der Waals surface area contributed by atoms with Crippen LogP contribution < -0.4 is 5.32 Å². The largest absolute Gasteiger partial charge is 0.396 e. The van der Waals surface area contributed by atoms with Gasteiger partial charge in [-0.2, -0.15) is 5.10 Å². The number of aryl methyl sites for hydroxylation is 2. The van der Waals surface area contributed by atoms with Gasteiger partial charge in [0.05, 0.1) is 12.3 Å². The standard InChI is InChI=1S/C14H25N3O2/c1-5-14(6-2,10-18)9-15-13(19)8-17-12(4)7-11(3)16-17/h7,18H,5-6,8-10H2,1-4H3,(H,15,19). The van der Waals surface area contributed by atoms with Gasteiger partial charge in [-0.3, -0.25) is 9.48 Å². The summed E-state index contributed by atoms with van der Waals surface area (Å²) in [5.74, 6) is -0.0640. The number of rotatable bonds is 7. The van der Waals surface area contributed by atoms with Gasteiger partial charge < -0.3 is 10.4 Å². The number of aliphatic hydroxyl groups is 1. The van der Waals surface area contributed by atoms with Crippen molar-refractivity contribution in [1.82, 2.24) is 15.1 Å². The molecule has 1 amide bonds. The Hall–Kier alpha value is -1.36. The third-order valence-electron chi connectivity index (χ3n) is 3.89. The lowest BCUT2D eigenvalue weighted by molar-refractivity contribution is -0.122. The number of nitrogens with zero attached hydrogens (tertiary/aromatic N) is 2. The SMILES string of the molecule is CCC(CC)(CO)CNC(=O)Cn1nc(C)cc1C. The van der Waals surface area contributed by atoms with Gasteiger partial charge in [0.2, 0.25) is 5.91 Å². The fourth-order valence-electron chi connectivity index (χ4n) is 2.09. The van der Waals surface area contributed by atoms with Crippen LogP contribution in [0.4, 0.5) is 0 Å². The Morgan fingerprint density at radius 1 is 1.42 bits per heavy atom. The molecule has 0 fully saturated rings. The van der Waals surface area contributed by atoms with Gasteiger partial charge in [-0.25, -0.2) is 0 Å². The molecule has 0 aliphatic carbocycles. The van der Waals surface area contributed by atoms with Crippen LogP contribution >= 0.6 is 0 Å². The first-order valence-corrected chi connectivity index (χ1v) is 6.85. The van der Waals surface area contributed by atoms with Crippen molar-refractivity contribution in [1.29, 1.82) is 0 Å². The lowest BCUT2D eigenvalue weighted by Crippen LogP contribution is -2.40. The minimum absolute atomic E-state index is 0.0640. The average Bonchev–Trinajstić information content (AvgIpc) is 2.70. The second-order valence-corrected chi connectivity index (χ2v) is 5.23. The van der Waals surface area contributed by atoms with Gasteiger partial charge in [0.25, 0.3) is 0 Å². The van der Waals surface area contributed by atoms with Gasteiger partial charge in [0.1, 0.15) is 6.54 Å².